The maximum atomic E-state index is 14.1. The van der Waals surface area contributed by atoms with Crippen LogP contribution in [-0.2, 0) is 9.59 Å². The van der Waals surface area contributed by atoms with E-state index in [9.17, 15) is 24.2 Å². The molecule has 4 atom stereocenters. The van der Waals surface area contributed by atoms with Crippen molar-refractivity contribution in [3.8, 4) is 11.1 Å². The number of allylic oxidation sites excluding steroid dienone is 1. The lowest BCUT2D eigenvalue weighted by atomic mass is 10.0. The van der Waals surface area contributed by atoms with Gasteiger partial charge in [-0.05, 0) is 29.0 Å². The van der Waals surface area contributed by atoms with Crippen molar-refractivity contribution in [3.63, 3.8) is 0 Å². The number of halogens is 1. The highest BCUT2D eigenvalue weighted by Crippen LogP contribution is 2.26. The van der Waals surface area contributed by atoms with E-state index >= 15 is 0 Å². The minimum Gasteiger partial charge on any atom is -0.394 e. The highest BCUT2D eigenvalue weighted by Gasteiger charge is 2.42. The predicted molar refractivity (Wildman–Crippen MR) is 144 cm³/mol. The standard InChI is InChI=1S/C28H37FN6O4/c1-16(2)23(34-30)13-32-26(17(3)4)28(39)35-14-20(37)11-25(35)27(38)33-24(15-36)19-7-5-18(6-8-19)21-9-10-31-12-22(21)29/h5-10,12-13,16-17,20,24-26,30,32,36-37H,11,14-15H2,1-4H3,(H,33,38)/b23-13-,34-30?/t20-,24+,25+,26+/m1/s1. The van der Waals surface area contributed by atoms with Crippen molar-refractivity contribution in [1.29, 1.82) is 5.53 Å². The zero-order chi connectivity index (χ0) is 28.7. The minimum absolute atomic E-state index is 0.00137. The molecular weight excluding hydrogens is 503 g/mol. The van der Waals surface area contributed by atoms with Gasteiger partial charge in [0.25, 0.3) is 0 Å². The molecule has 1 aliphatic heterocycles. The summed E-state index contributed by atoms with van der Waals surface area (Å²) in [6.07, 6.45) is 3.37. The van der Waals surface area contributed by atoms with Crippen LogP contribution in [0.25, 0.3) is 11.1 Å². The number of amides is 2. The molecule has 1 saturated heterocycles. The lowest BCUT2D eigenvalue weighted by Gasteiger charge is -2.31. The molecule has 1 aliphatic rings. The summed E-state index contributed by atoms with van der Waals surface area (Å²) in [5.74, 6) is -1.47. The fraction of sp³-hybridized carbons (Fsp3) is 0.464. The first kappa shape index (κ1) is 29.9. The second kappa shape index (κ2) is 13.4. The third-order valence-corrected chi connectivity index (χ3v) is 6.82. The summed E-state index contributed by atoms with van der Waals surface area (Å²) >= 11 is 0. The predicted octanol–water partition coefficient (Wildman–Crippen LogP) is 3.14. The van der Waals surface area contributed by atoms with Gasteiger partial charge in [0, 0.05) is 30.9 Å². The van der Waals surface area contributed by atoms with Crippen LogP contribution in [0.4, 0.5) is 4.39 Å². The Bertz CT molecular complexity index is 1190. The number of benzene rings is 1. The SMILES string of the molecule is CC(C)/C(=C/N[C@H](C(=O)N1C[C@H](O)C[C@H]1C(=O)N[C@@H](CO)c1ccc(-c2ccncc2F)cc1)C(C)C)N=N. The average molecular weight is 541 g/mol. The van der Waals surface area contributed by atoms with Gasteiger partial charge in [-0.1, -0.05) is 52.0 Å². The summed E-state index contributed by atoms with van der Waals surface area (Å²) in [4.78, 5) is 32.0. The van der Waals surface area contributed by atoms with E-state index < -0.39 is 42.6 Å². The number of nitrogens with one attached hydrogen (secondary N) is 3. The minimum atomic E-state index is -0.927. The molecular formula is C28H37FN6O4. The smallest absolute Gasteiger partial charge is 0.246 e. The second-order valence-electron chi connectivity index (χ2n) is 10.3. The second-order valence-corrected chi connectivity index (χ2v) is 10.3. The Labute approximate surface area is 227 Å². The first-order valence-corrected chi connectivity index (χ1v) is 13.0. The Hall–Kier alpha value is -3.70. The molecule has 0 unspecified atom stereocenters. The maximum absolute atomic E-state index is 14.1. The lowest BCUT2D eigenvalue weighted by molar-refractivity contribution is -0.141. The number of hydrogen-bond donors (Lipinski definition) is 5. The van der Waals surface area contributed by atoms with Crippen LogP contribution in [0.5, 0.6) is 0 Å². The number of β-amino-alcohol motifs (C(OH)–C–C–N with tert-alkyl or cyclic N) is 1. The number of nitrogens with zero attached hydrogens (tertiary/aromatic N) is 3. The number of pyridine rings is 1. The Morgan fingerprint density at radius 2 is 1.92 bits per heavy atom. The highest BCUT2D eigenvalue weighted by atomic mass is 19.1. The quantitative estimate of drug-likeness (QED) is 0.276. The zero-order valence-electron chi connectivity index (χ0n) is 22.6. The van der Waals surface area contributed by atoms with E-state index in [4.69, 9.17) is 5.53 Å². The van der Waals surface area contributed by atoms with Gasteiger partial charge in [-0.2, -0.15) is 5.11 Å². The summed E-state index contributed by atoms with van der Waals surface area (Å²) in [7, 11) is 0. The monoisotopic (exact) mass is 540 g/mol. The molecule has 0 aliphatic carbocycles. The molecule has 10 nitrogen and oxygen atoms in total. The van der Waals surface area contributed by atoms with E-state index in [2.05, 4.69) is 20.7 Å². The molecule has 2 heterocycles. The molecule has 0 bridgehead atoms. The summed E-state index contributed by atoms with van der Waals surface area (Å²) in [6.45, 7) is 7.10. The van der Waals surface area contributed by atoms with Gasteiger partial charge >= 0.3 is 0 Å². The van der Waals surface area contributed by atoms with E-state index in [-0.39, 0.29) is 30.7 Å². The van der Waals surface area contributed by atoms with Crippen molar-refractivity contribution < 1.29 is 24.2 Å². The number of carbonyl (C=O) groups excluding carboxylic acids is 2. The summed E-state index contributed by atoms with van der Waals surface area (Å²) < 4.78 is 14.1. The molecule has 2 aromatic rings. The van der Waals surface area contributed by atoms with E-state index in [1.807, 2.05) is 27.7 Å². The first-order valence-electron chi connectivity index (χ1n) is 13.0. The van der Waals surface area contributed by atoms with Gasteiger partial charge in [-0.3, -0.25) is 14.6 Å². The molecule has 0 spiro atoms. The van der Waals surface area contributed by atoms with Crippen LogP contribution >= 0.6 is 0 Å². The third-order valence-electron chi connectivity index (χ3n) is 6.82. The zero-order valence-corrected chi connectivity index (χ0v) is 22.6. The van der Waals surface area contributed by atoms with Gasteiger partial charge in [0.1, 0.15) is 17.9 Å². The number of aliphatic hydroxyl groups excluding tert-OH is 2. The summed E-state index contributed by atoms with van der Waals surface area (Å²) in [5.41, 5.74) is 9.44. The summed E-state index contributed by atoms with van der Waals surface area (Å²) in [5, 5.41) is 29.7. The van der Waals surface area contributed by atoms with Crippen molar-refractivity contribution in [2.24, 2.45) is 17.0 Å². The molecule has 210 valence electrons. The number of likely N-dealkylation sites (tertiary alicyclic amines) is 1. The van der Waals surface area contributed by atoms with Gasteiger partial charge in [0.15, 0.2) is 0 Å². The number of rotatable bonds is 11. The molecule has 1 aromatic carbocycles. The van der Waals surface area contributed by atoms with Crippen LogP contribution in [0.15, 0.2) is 59.7 Å². The van der Waals surface area contributed by atoms with E-state index in [1.54, 1.807) is 36.5 Å². The number of carbonyl (C=O) groups is 2. The van der Waals surface area contributed by atoms with Crippen molar-refractivity contribution in [2.75, 3.05) is 13.2 Å². The van der Waals surface area contributed by atoms with Crippen LogP contribution in [0.3, 0.4) is 0 Å². The first-order chi connectivity index (χ1) is 18.6. The Balaban J connectivity index is 1.75. The Morgan fingerprint density at radius 1 is 1.23 bits per heavy atom. The van der Waals surface area contributed by atoms with Crippen LogP contribution < -0.4 is 10.6 Å². The average Bonchev–Trinajstić information content (AvgIpc) is 3.31. The Kier molecular flexibility index (Phi) is 10.2. The molecule has 11 heteroatoms. The molecule has 3 rings (SSSR count). The molecule has 1 aromatic heterocycles. The van der Waals surface area contributed by atoms with Crippen LogP contribution in [0.1, 0.15) is 45.7 Å². The third kappa shape index (κ3) is 7.24. The van der Waals surface area contributed by atoms with Crippen molar-refractivity contribution in [1.82, 2.24) is 20.5 Å². The fourth-order valence-electron chi connectivity index (χ4n) is 4.54. The fourth-order valence-corrected chi connectivity index (χ4v) is 4.54. The molecule has 0 radical (unpaired) electrons. The van der Waals surface area contributed by atoms with E-state index in [1.165, 1.54) is 11.1 Å². The summed E-state index contributed by atoms with van der Waals surface area (Å²) in [6, 6.07) is 5.94. The Morgan fingerprint density at radius 3 is 2.49 bits per heavy atom. The highest BCUT2D eigenvalue weighted by molar-refractivity contribution is 5.91. The van der Waals surface area contributed by atoms with Gasteiger partial charge in [-0.25, -0.2) is 9.92 Å². The molecule has 39 heavy (non-hydrogen) atoms. The topological polar surface area (TPSA) is 151 Å². The number of hydrogen-bond acceptors (Lipinski definition) is 8. The van der Waals surface area contributed by atoms with Crippen molar-refractivity contribution in [3.05, 3.63) is 66.0 Å². The molecule has 1 fully saturated rings. The van der Waals surface area contributed by atoms with Gasteiger partial charge < -0.3 is 25.7 Å². The van der Waals surface area contributed by atoms with Crippen molar-refractivity contribution in [2.45, 2.75) is 58.3 Å². The number of aliphatic hydroxyl groups is 2. The van der Waals surface area contributed by atoms with Crippen LogP contribution in [0, 0.1) is 23.2 Å². The van der Waals surface area contributed by atoms with Crippen LogP contribution in [-0.4, -0.2) is 63.3 Å². The van der Waals surface area contributed by atoms with Crippen molar-refractivity contribution >= 4 is 11.8 Å². The van der Waals surface area contributed by atoms with E-state index in [0.717, 1.165) is 6.20 Å². The number of aromatic nitrogens is 1. The maximum Gasteiger partial charge on any atom is 0.246 e. The molecule has 5 N–H and O–H groups in total. The van der Waals surface area contributed by atoms with E-state index in [0.29, 0.717) is 22.4 Å². The van der Waals surface area contributed by atoms with Gasteiger partial charge in [0.2, 0.25) is 11.8 Å². The largest absolute Gasteiger partial charge is 0.394 e. The molecule has 0 saturated carbocycles. The normalized spacial score (nSPS) is 19.2. The molecule has 2 amide bonds. The van der Waals surface area contributed by atoms with Gasteiger partial charge in [-0.15, -0.1) is 0 Å². The van der Waals surface area contributed by atoms with Crippen LogP contribution in [0.2, 0.25) is 0 Å². The lowest BCUT2D eigenvalue weighted by Crippen LogP contribution is -2.53. The van der Waals surface area contributed by atoms with Gasteiger partial charge in [0.05, 0.1) is 30.6 Å².